The summed E-state index contributed by atoms with van der Waals surface area (Å²) in [7, 11) is 0. The summed E-state index contributed by atoms with van der Waals surface area (Å²) in [5.41, 5.74) is 1.17. The van der Waals surface area contributed by atoms with Gasteiger partial charge in [0.1, 0.15) is 0 Å². The number of carboxylic acids is 1. The van der Waals surface area contributed by atoms with Gasteiger partial charge in [-0.05, 0) is 18.2 Å². The van der Waals surface area contributed by atoms with E-state index in [4.69, 9.17) is 28.3 Å². The predicted molar refractivity (Wildman–Crippen MR) is 71.0 cm³/mol. The van der Waals surface area contributed by atoms with E-state index in [2.05, 4.69) is 4.98 Å². The normalized spacial score (nSPS) is 10.5. The van der Waals surface area contributed by atoms with Crippen molar-refractivity contribution in [1.29, 1.82) is 0 Å². The summed E-state index contributed by atoms with van der Waals surface area (Å²) in [5.74, 6) is -1.92. The van der Waals surface area contributed by atoms with E-state index in [0.29, 0.717) is 21.2 Å². The molecule has 2 aromatic rings. The first kappa shape index (κ1) is 13.8. The summed E-state index contributed by atoms with van der Waals surface area (Å²) in [4.78, 5) is 14.2. The van der Waals surface area contributed by atoms with Crippen LogP contribution in [0.2, 0.25) is 10.0 Å². The van der Waals surface area contributed by atoms with Gasteiger partial charge in [0.25, 0.3) is 0 Å². The first-order chi connectivity index (χ1) is 8.97. The van der Waals surface area contributed by atoms with Gasteiger partial charge in [0.15, 0.2) is 0 Å². The Labute approximate surface area is 118 Å². The summed E-state index contributed by atoms with van der Waals surface area (Å²) in [6.07, 6.45) is 0.869. The summed E-state index contributed by atoms with van der Waals surface area (Å²) in [5, 5.41) is 9.58. The van der Waals surface area contributed by atoms with Crippen LogP contribution < -0.4 is 0 Å². The van der Waals surface area contributed by atoms with Gasteiger partial charge in [-0.15, -0.1) is 0 Å². The van der Waals surface area contributed by atoms with Gasteiger partial charge in [-0.25, -0.2) is 4.98 Å². The topological polar surface area (TPSA) is 50.2 Å². The molecule has 0 radical (unpaired) electrons. The van der Waals surface area contributed by atoms with Gasteiger partial charge in [0, 0.05) is 32.9 Å². The molecule has 1 aromatic heterocycles. The fourth-order valence-corrected chi connectivity index (χ4v) is 2.17. The Morgan fingerprint density at radius 3 is 2.68 bits per heavy atom. The molecule has 98 valence electrons. The Morgan fingerprint density at radius 2 is 2.05 bits per heavy atom. The third-order valence-electron chi connectivity index (χ3n) is 2.50. The van der Waals surface area contributed by atoms with E-state index >= 15 is 0 Å². The van der Waals surface area contributed by atoms with Crippen LogP contribution in [-0.4, -0.2) is 16.1 Å². The van der Waals surface area contributed by atoms with Crippen molar-refractivity contribution in [2.24, 2.45) is 0 Å². The minimum atomic E-state index is -1.12. The zero-order valence-corrected chi connectivity index (χ0v) is 11.0. The smallest absolute Gasteiger partial charge is 0.307 e. The number of hydrogen-bond acceptors (Lipinski definition) is 2. The van der Waals surface area contributed by atoms with Crippen LogP contribution in [0.15, 0.2) is 30.5 Å². The summed E-state index contributed by atoms with van der Waals surface area (Å²) in [6, 6.07) is 6.29. The fourth-order valence-electron chi connectivity index (χ4n) is 1.65. The molecule has 0 spiro atoms. The van der Waals surface area contributed by atoms with Crippen LogP contribution in [0.1, 0.15) is 5.56 Å². The van der Waals surface area contributed by atoms with E-state index in [0.717, 1.165) is 0 Å². The van der Waals surface area contributed by atoms with Crippen molar-refractivity contribution >= 4 is 29.2 Å². The second kappa shape index (κ2) is 5.55. The van der Waals surface area contributed by atoms with E-state index in [1.165, 1.54) is 12.3 Å². The molecular formula is C13H8Cl2FNO2. The molecule has 2 rings (SSSR count). The minimum Gasteiger partial charge on any atom is -0.481 e. The molecule has 0 aliphatic carbocycles. The molecule has 1 aromatic carbocycles. The van der Waals surface area contributed by atoms with Crippen LogP contribution in [0.3, 0.4) is 0 Å². The van der Waals surface area contributed by atoms with E-state index < -0.39 is 18.3 Å². The molecule has 19 heavy (non-hydrogen) atoms. The highest BCUT2D eigenvalue weighted by atomic mass is 35.5. The molecule has 0 amide bonds. The number of benzene rings is 1. The zero-order chi connectivity index (χ0) is 14.0. The Kier molecular flexibility index (Phi) is 4.02. The molecule has 0 bridgehead atoms. The number of pyridine rings is 1. The lowest BCUT2D eigenvalue weighted by Gasteiger charge is -2.07. The van der Waals surface area contributed by atoms with Crippen molar-refractivity contribution in [3.8, 4) is 11.1 Å². The third kappa shape index (κ3) is 3.22. The molecule has 0 saturated carbocycles. The monoisotopic (exact) mass is 299 g/mol. The number of carboxylic acid groups (broad SMARTS) is 1. The lowest BCUT2D eigenvalue weighted by Crippen LogP contribution is -2.04. The maximum Gasteiger partial charge on any atom is 0.307 e. The maximum absolute atomic E-state index is 13.4. The van der Waals surface area contributed by atoms with Crippen LogP contribution in [0.5, 0.6) is 0 Å². The molecule has 0 fully saturated rings. The molecule has 0 atom stereocenters. The number of rotatable bonds is 3. The number of hydrogen-bond donors (Lipinski definition) is 1. The Bertz CT molecular complexity index is 647. The van der Waals surface area contributed by atoms with Crippen LogP contribution in [0.25, 0.3) is 11.1 Å². The van der Waals surface area contributed by atoms with Gasteiger partial charge in [-0.1, -0.05) is 29.3 Å². The first-order valence-corrected chi connectivity index (χ1v) is 6.04. The van der Waals surface area contributed by atoms with Crippen LogP contribution >= 0.6 is 23.2 Å². The molecule has 1 heterocycles. The molecule has 6 heteroatoms. The summed E-state index contributed by atoms with van der Waals surface area (Å²) >= 11 is 11.8. The second-order valence-electron chi connectivity index (χ2n) is 3.87. The standard InChI is InChI=1S/C13H8Cl2FNO2/c14-9-1-2-10(11(15)5-9)8-3-7(4-12(18)19)13(16)17-6-8/h1-3,5-6H,4H2,(H,18,19). The molecule has 0 aliphatic heterocycles. The SMILES string of the molecule is O=C(O)Cc1cc(-c2ccc(Cl)cc2Cl)cnc1F. The Hall–Kier alpha value is -1.65. The average Bonchev–Trinajstić information content (AvgIpc) is 2.32. The number of nitrogens with zero attached hydrogens (tertiary/aromatic N) is 1. The lowest BCUT2D eigenvalue weighted by atomic mass is 10.0. The molecular weight excluding hydrogens is 292 g/mol. The van der Waals surface area contributed by atoms with Crippen LogP contribution in [0.4, 0.5) is 4.39 Å². The molecule has 0 aliphatic rings. The highest BCUT2D eigenvalue weighted by molar-refractivity contribution is 6.36. The Morgan fingerprint density at radius 1 is 1.32 bits per heavy atom. The minimum absolute atomic E-state index is 0.0102. The molecule has 0 unspecified atom stereocenters. The number of carbonyl (C=O) groups is 1. The van der Waals surface area contributed by atoms with E-state index in [1.807, 2.05) is 0 Å². The number of halogens is 3. The summed E-state index contributed by atoms with van der Waals surface area (Å²) in [6.45, 7) is 0. The molecule has 1 N–H and O–H groups in total. The second-order valence-corrected chi connectivity index (χ2v) is 4.71. The fraction of sp³-hybridized carbons (Fsp3) is 0.0769. The maximum atomic E-state index is 13.4. The number of aromatic nitrogens is 1. The third-order valence-corrected chi connectivity index (χ3v) is 3.04. The van der Waals surface area contributed by atoms with Gasteiger partial charge >= 0.3 is 5.97 Å². The van der Waals surface area contributed by atoms with Crippen molar-refractivity contribution in [3.63, 3.8) is 0 Å². The number of aliphatic carboxylic acids is 1. The lowest BCUT2D eigenvalue weighted by molar-refractivity contribution is -0.136. The van der Waals surface area contributed by atoms with E-state index in [1.54, 1.807) is 18.2 Å². The van der Waals surface area contributed by atoms with Gasteiger partial charge < -0.3 is 5.11 Å². The van der Waals surface area contributed by atoms with Crippen molar-refractivity contribution in [2.45, 2.75) is 6.42 Å². The van der Waals surface area contributed by atoms with Crippen molar-refractivity contribution in [2.75, 3.05) is 0 Å². The Balaban J connectivity index is 2.48. The predicted octanol–water partition coefficient (Wildman–Crippen LogP) is 3.82. The average molecular weight is 300 g/mol. The van der Waals surface area contributed by atoms with Crippen molar-refractivity contribution in [1.82, 2.24) is 4.98 Å². The quantitative estimate of drug-likeness (QED) is 0.877. The molecule has 3 nitrogen and oxygen atoms in total. The summed E-state index contributed by atoms with van der Waals surface area (Å²) < 4.78 is 13.4. The van der Waals surface area contributed by atoms with Crippen LogP contribution in [0, 0.1) is 5.95 Å². The van der Waals surface area contributed by atoms with Crippen LogP contribution in [-0.2, 0) is 11.2 Å². The first-order valence-electron chi connectivity index (χ1n) is 5.29. The highest BCUT2D eigenvalue weighted by Gasteiger charge is 2.12. The van der Waals surface area contributed by atoms with E-state index in [9.17, 15) is 9.18 Å². The van der Waals surface area contributed by atoms with Crippen molar-refractivity contribution in [3.05, 3.63) is 52.0 Å². The van der Waals surface area contributed by atoms with E-state index in [-0.39, 0.29) is 5.56 Å². The highest BCUT2D eigenvalue weighted by Crippen LogP contribution is 2.30. The largest absolute Gasteiger partial charge is 0.481 e. The van der Waals surface area contributed by atoms with Gasteiger partial charge in [0.2, 0.25) is 5.95 Å². The molecule has 0 saturated heterocycles. The van der Waals surface area contributed by atoms with Gasteiger partial charge in [-0.3, -0.25) is 4.79 Å². The van der Waals surface area contributed by atoms with Gasteiger partial charge in [-0.2, -0.15) is 4.39 Å². The van der Waals surface area contributed by atoms with Gasteiger partial charge in [0.05, 0.1) is 6.42 Å². The van der Waals surface area contributed by atoms with Crippen molar-refractivity contribution < 1.29 is 14.3 Å². The zero-order valence-electron chi connectivity index (χ0n) is 9.53.